The van der Waals surface area contributed by atoms with Gasteiger partial charge in [-0.25, -0.2) is 4.39 Å². The highest BCUT2D eigenvalue weighted by Crippen LogP contribution is 2.37. The molecule has 0 spiro atoms. The lowest BCUT2D eigenvalue weighted by molar-refractivity contribution is -0.139. The Hall–Kier alpha value is -2.63. The summed E-state index contributed by atoms with van der Waals surface area (Å²) >= 11 is 0. The first kappa shape index (κ1) is 22.4. The molecule has 0 aliphatic heterocycles. The van der Waals surface area contributed by atoms with Crippen LogP contribution in [0.25, 0.3) is 6.08 Å². The second kappa shape index (κ2) is 9.35. The van der Waals surface area contributed by atoms with E-state index < -0.39 is 17.9 Å². The number of carbonyl (C=O) groups is 1. The van der Waals surface area contributed by atoms with Gasteiger partial charge in [-0.3, -0.25) is 4.79 Å². The van der Waals surface area contributed by atoms with Crippen molar-refractivity contribution in [3.63, 3.8) is 0 Å². The van der Waals surface area contributed by atoms with Crippen LogP contribution in [0.15, 0.2) is 36.4 Å². The highest BCUT2D eigenvalue weighted by Gasteiger charge is 2.39. The molecular formula is C21H22F4O2. The molecule has 1 atom stereocenters. The van der Waals surface area contributed by atoms with E-state index >= 15 is 0 Å². The van der Waals surface area contributed by atoms with E-state index in [0.717, 1.165) is 17.2 Å². The average Bonchev–Trinajstić information content (AvgIpc) is 2.55. The number of carboxylic acid groups (broad SMARTS) is 1. The lowest BCUT2D eigenvalue weighted by atomic mass is 9.93. The van der Waals surface area contributed by atoms with Gasteiger partial charge in [0.1, 0.15) is 5.82 Å². The summed E-state index contributed by atoms with van der Waals surface area (Å²) in [6, 6.07) is 8.05. The van der Waals surface area contributed by atoms with Gasteiger partial charge in [-0.05, 0) is 61.1 Å². The highest BCUT2D eigenvalue weighted by atomic mass is 19.4. The molecule has 0 heterocycles. The number of rotatable bonds is 3. The van der Waals surface area contributed by atoms with Crippen LogP contribution in [0.1, 0.15) is 39.3 Å². The van der Waals surface area contributed by atoms with Crippen molar-refractivity contribution in [1.82, 2.24) is 0 Å². The molecule has 0 aliphatic rings. The molecule has 27 heavy (non-hydrogen) atoms. The zero-order chi connectivity index (χ0) is 20.8. The molecule has 1 N–H and O–H groups in total. The summed E-state index contributed by atoms with van der Waals surface area (Å²) in [5, 5.41) is 6.89. The minimum Gasteiger partial charge on any atom is -0.483 e. The first-order valence-corrected chi connectivity index (χ1v) is 8.18. The molecule has 0 fully saturated rings. The van der Waals surface area contributed by atoms with E-state index in [2.05, 4.69) is 0 Å². The van der Waals surface area contributed by atoms with Crippen molar-refractivity contribution < 1.29 is 27.5 Å². The predicted octanol–water partition coefficient (Wildman–Crippen LogP) is 6.12. The van der Waals surface area contributed by atoms with Crippen LogP contribution in [0.3, 0.4) is 0 Å². The maximum Gasteiger partial charge on any atom is 0.399 e. The predicted molar refractivity (Wildman–Crippen MR) is 98.3 cm³/mol. The van der Waals surface area contributed by atoms with E-state index in [1.54, 1.807) is 6.07 Å². The standard InChI is InChI=1S/C20H20F4.CH2O2/c1-12-5-6-16(9-13(12)2)7-8-18(20(22,23)24)17-10-14(3)19(21)15(4)11-17;2-1-3/h5-11,18H,1-4H3;1H,(H,2,3)/b8-7+;. The second-order valence-electron chi connectivity index (χ2n) is 6.30. The van der Waals surface area contributed by atoms with Gasteiger partial charge in [0.2, 0.25) is 0 Å². The molecular weight excluding hydrogens is 360 g/mol. The molecule has 6 heteroatoms. The molecule has 0 aromatic heterocycles. The molecule has 0 aliphatic carbocycles. The number of hydrogen-bond donors (Lipinski definition) is 1. The zero-order valence-electron chi connectivity index (χ0n) is 15.6. The fourth-order valence-electron chi connectivity index (χ4n) is 2.64. The third kappa shape index (κ3) is 6.24. The Kier molecular flexibility index (Phi) is 7.76. The van der Waals surface area contributed by atoms with Crippen molar-refractivity contribution in [2.45, 2.75) is 39.8 Å². The van der Waals surface area contributed by atoms with Crippen LogP contribution in [-0.2, 0) is 4.79 Å². The van der Waals surface area contributed by atoms with E-state index in [0.29, 0.717) is 5.56 Å². The summed E-state index contributed by atoms with van der Waals surface area (Å²) < 4.78 is 54.1. The smallest absolute Gasteiger partial charge is 0.399 e. The van der Waals surface area contributed by atoms with Gasteiger partial charge in [-0.2, -0.15) is 13.2 Å². The fourth-order valence-corrected chi connectivity index (χ4v) is 2.64. The van der Waals surface area contributed by atoms with Gasteiger partial charge in [0.15, 0.2) is 0 Å². The molecule has 1 unspecified atom stereocenters. The second-order valence-corrected chi connectivity index (χ2v) is 6.30. The highest BCUT2D eigenvalue weighted by molar-refractivity contribution is 5.53. The first-order chi connectivity index (χ1) is 12.5. The Labute approximate surface area is 156 Å². The Balaban J connectivity index is 0.00000114. The van der Waals surface area contributed by atoms with Crippen LogP contribution >= 0.6 is 0 Å². The summed E-state index contributed by atoms with van der Waals surface area (Å²) in [6.07, 6.45) is -1.83. The fraction of sp³-hybridized carbons (Fsp3) is 0.286. The van der Waals surface area contributed by atoms with Crippen molar-refractivity contribution in [3.8, 4) is 0 Å². The van der Waals surface area contributed by atoms with Crippen molar-refractivity contribution in [1.29, 1.82) is 0 Å². The molecule has 0 saturated carbocycles. The molecule has 0 saturated heterocycles. The maximum absolute atomic E-state index is 13.7. The van der Waals surface area contributed by atoms with Gasteiger partial charge in [0, 0.05) is 0 Å². The van der Waals surface area contributed by atoms with Gasteiger partial charge >= 0.3 is 6.18 Å². The van der Waals surface area contributed by atoms with Gasteiger partial charge in [0.25, 0.3) is 6.47 Å². The van der Waals surface area contributed by atoms with Crippen LogP contribution in [0, 0.1) is 33.5 Å². The molecule has 0 bridgehead atoms. The van der Waals surface area contributed by atoms with Gasteiger partial charge in [0.05, 0.1) is 5.92 Å². The summed E-state index contributed by atoms with van der Waals surface area (Å²) in [5.41, 5.74) is 3.32. The number of aryl methyl sites for hydroxylation is 4. The summed E-state index contributed by atoms with van der Waals surface area (Å²) in [6.45, 7) is 6.57. The molecule has 146 valence electrons. The topological polar surface area (TPSA) is 37.3 Å². The normalized spacial score (nSPS) is 12.4. The molecule has 0 radical (unpaired) electrons. The third-order valence-corrected chi connectivity index (χ3v) is 4.18. The van der Waals surface area contributed by atoms with Crippen molar-refractivity contribution >= 4 is 12.5 Å². The van der Waals surface area contributed by atoms with Crippen LogP contribution < -0.4 is 0 Å². The molecule has 2 nitrogen and oxygen atoms in total. The number of halogens is 4. The Morgan fingerprint density at radius 1 is 0.926 bits per heavy atom. The van der Waals surface area contributed by atoms with Gasteiger partial charge in [-0.1, -0.05) is 42.5 Å². The monoisotopic (exact) mass is 382 g/mol. The number of alkyl halides is 3. The average molecular weight is 382 g/mol. The Morgan fingerprint density at radius 3 is 1.89 bits per heavy atom. The van der Waals surface area contributed by atoms with E-state index in [9.17, 15) is 17.6 Å². The van der Waals surface area contributed by atoms with E-state index in [1.165, 1.54) is 32.1 Å². The van der Waals surface area contributed by atoms with Crippen molar-refractivity contribution in [3.05, 3.63) is 75.6 Å². The van der Waals surface area contributed by atoms with Crippen LogP contribution in [0.4, 0.5) is 17.6 Å². The van der Waals surface area contributed by atoms with Crippen molar-refractivity contribution in [2.75, 3.05) is 0 Å². The van der Waals surface area contributed by atoms with Crippen molar-refractivity contribution in [2.24, 2.45) is 0 Å². The molecule has 0 amide bonds. The van der Waals surface area contributed by atoms with E-state index in [-0.39, 0.29) is 23.2 Å². The Bertz CT molecular complexity index is 800. The van der Waals surface area contributed by atoms with E-state index in [1.807, 2.05) is 26.0 Å². The van der Waals surface area contributed by atoms with Crippen LogP contribution in [0.2, 0.25) is 0 Å². The minimum absolute atomic E-state index is 0.0546. The Morgan fingerprint density at radius 2 is 1.44 bits per heavy atom. The van der Waals surface area contributed by atoms with E-state index in [4.69, 9.17) is 9.90 Å². The quantitative estimate of drug-likeness (QED) is 0.513. The molecule has 2 aromatic carbocycles. The largest absolute Gasteiger partial charge is 0.483 e. The lowest BCUT2D eigenvalue weighted by Crippen LogP contribution is -2.19. The van der Waals surface area contributed by atoms with Gasteiger partial charge < -0.3 is 5.11 Å². The number of allylic oxidation sites excluding steroid dienone is 1. The SMILES string of the molecule is Cc1ccc(/C=C/C(c2cc(C)c(F)c(C)c2)C(F)(F)F)cc1C.O=CO. The summed E-state index contributed by atoms with van der Waals surface area (Å²) in [5.74, 6) is -2.23. The third-order valence-electron chi connectivity index (χ3n) is 4.18. The number of benzene rings is 2. The summed E-state index contributed by atoms with van der Waals surface area (Å²) in [7, 11) is 0. The molecule has 2 rings (SSSR count). The summed E-state index contributed by atoms with van der Waals surface area (Å²) in [4.78, 5) is 8.36. The maximum atomic E-state index is 13.7. The molecule has 2 aromatic rings. The zero-order valence-corrected chi connectivity index (χ0v) is 15.6. The number of hydrogen-bond acceptors (Lipinski definition) is 1. The minimum atomic E-state index is -4.44. The van der Waals surface area contributed by atoms with Gasteiger partial charge in [-0.15, -0.1) is 0 Å². The van der Waals surface area contributed by atoms with Crippen LogP contribution in [0.5, 0.6) is 0 Å². The first-order valence-electron chi connectivity index (χ1n) is 8.18. The van der Waals surface area contributed by atoms with Crippen LogP contribution in [-0.4, -0.2) is 17.8 Å². The lowest BCUT2D eigenvalue weighted by Gasteiger charge is -2.19.